The predicted molar refractivity (Wildman–Crippen MR) is 90.2 cm³/mol. The number of rotatable bonds is 10. The lowest BCUT2D eigenvalue weighted by molar-refractivity contribution is 0.455. The fraction of sp³-hybridized carbons (Fsp3) is 0.929. The molecule has 0 radical (unpaired) electrons. The Hall–Kier alpha value is -0.820. The largest absolute Gasteiger partial charge is 0.357 e. The standard InChI is InChI=1S/C14H32N4O2S/c1-6-9-12-17(4)14(15-7-2)16-11-10-13-18(5)21(19,20)8-3/h6-13H2,1-5H3,(H,15,16). The van der Waals surface area contributed by atoms with E-state index < -0.39 is 10.0 Å². The van der Waals surface area contributed by atoms with Crippen molar-refractivity contribution < 1.29 is 8.42 Å². The summed E-state index contributed by atoms with van der Waals surface area (Å²) < 4.78 is 24.7. The molecule has 0 atom stereocenters. The zero-order valence-electron chi connectivity index (χ0n) is 14.2. The van der Waals surface area contributed by atoms with Crippen LogP contribution < -0.4 is 5.32 Å². The molecule has 21 heavy (non-hydrogen) atoms. The predicted octanol–water partition coefficient (Wildman–Crippen LogP) is 1.36. The van der Waals surface area contributed by atoms with Gasteiger partial charge < -0.3 is 10.2 Å². The molecule has 126 valence electrons. The lowest BCUT2D eigenvalue weighted by Gasteiger charge is -2.22. The summed E-state index contributed by atoms with van der Waals surface area (Å²) in [5, 5.41) is 3.26. The number of sulfonamides is 1. The number of nitrogens with zero attached hydrogens (tertiary/aromatic N) is 3. The van der Waals surface area contributed by atoms with Crippen molar-refractivity contribution in [2.75, 3.05) is 46.0 Å². The molecule has 0 aromatic heterocycles. The van der Waals surface area contributed by atoms with E-state index in [1.165, 1.54) is 4.31 Å². The van der Waals surface area contributed by atoms with Gasteiger partial charge in [0.2, 0.25) is 10.0 Å². The fourth-order valence-corrected chi connectivity index (χ4v) is 2.66. The van der Waals surface area contributed by atoms with E-state index in [0.717, 1.165) is 38.3 Å². The first-order chi connectivity index (χ1) is 9.88. The summed E-state index contributed by atoms with van der Waals surface area (Å²) in [7, 11) is 0.580. The molecule has 0 saturated carbocycles. The van der Waals surface area contributed by atoms with Crippen LogP contribution in [0.2, 0.25) is 0 Å². The molecule has 0 aliphatic rings. The summed E-state index contributed by atoms with van der Waals surface area (Å²) in [6.07, 6.45) is 3.02. The molecule has 0 fully saturated rings. The van der Waals surface area contributed by atoms with Crippen LogP contribution in [0.25, 0.3) is 0 Å². The molecule has 0 aromatic carbocycles. The summed E-state index contributed by atoms with van der Waals surface area (Å²) in [5.74, 6) is 1.04. The first kappa shape index (κ1) is 20.2. The van der Waals surface area contributed by atoms with E-state index in [4.69, 9.17) is 0 Å². The number of guanidine groups is 1. The van der Waals surface area contributed by atoms with E-state index >= 15 is 0 Å². The van der Waals surface area contributed by atoms with Crippen LogP contribution in [0, 0.1) is 0 Å². The van der Waals surface area contributed by atoms with Crippen LogP contribution in [0.15, 0.2) is 4.99 Å². The molecular weight excluding hydrogens is 288 g/mol. The molecule has 0 aliphatic carbocycles. The van der Waals surface area contributed by atoms with E-state index in [1.807, 2.05) is 14.0 Å². The van der Waals surface area contributed by atoms with Crippen LogP contribution in [0.1, 0.15) is 40.0 Å². The second-order valence-corrected chi connectivity index (χ2v) is 7.45. The highest BCUT2D eigenvalue weighted by atomic mass is 32.2. The first-order valence-corrected chi connectivity index (χ1v) is 9.43. The average Bonchev–Trinajstić information content (AvgIpc) is 2.47. The van der Waals surface area contributed by atoms with E-state index in [2.05, 4.69) is 22.1 Å². The summed E-state index contributed by atoms with van der Waals surface area (Å²) >= 11 is 0. The zero-order valence-corrected chi connectivity index (χ0v) is 15.0. The van der Waals surface area contributed by atoms with Gasteiger partial charge in [0.05, 0.1) is 5.75 Å². The van der Waals surface area contributed by atoms with E-state index in [0.29, 0.717) is 13.1 Å². The summed E-state index contributed by atoms with van der Waals surface area (Å²) in [4.78, 5) is 6.68. The van der Waals surface area contributed by atoms with Crippen molar-refractivity contribution in [3.63, 3.8) is 0 Å². The monoisotopic (exact) mass is 320 g/mol. The maximum absolute atomic E-state index is 11.6. The van der Waals surface area contributed by atoms with Crippen molar-refractivity contribution in [3.8, 4) is 0 Å². The molecular formula is C14H32N4O2S. The number of hydrogen-bond donors (Lipinski definition) is 1. The maximum atomic E-state index is 11.6. The van der Waals surface area contributed by atoms with Gasteiger partial charge in [-0.25, -0.2) is 12.7 Å². The number of unbranched alkanes of at least 4 members (excludes halogenated alkanes) is 1. The molecule has 0 heterocycles. The van der Waals surface area contributed by atoms with Crippen LogP contribution in [-0.4, -0.2) is 69.6 Å². The van der Waals surface area contributed by atoms with E-state index in [1.54, 1.807) is 14.0 Å². The van der Waals surface area contributed by atoms with Crippen molar-refractivity contribution in [1.29, 1.82) is 0 Å². The minimum absolute atomic E-state index is 0.148. The Morgan fingerprint density at radius 3 is 2.29 bits per heavy atom. The van der Waals surface area contributed by atoms with Gasteiger partial charge in [-0.15, -0.1) is 0 Å². The molecule has 1 N–H and O–H groups in total. The molecule has 0 bridgehead atoms. The SMILES string of the molecule is CCCCN(C)C(=NCCCN(C)S(=O)(=O)CC)NCC. The minimum atomic E-state index is -3.08. The van der Waals surface area contributed by atoms with Crippen molar-refractivity contribution in [2.24, 2.45) is 4.99 Å². The van der Waals surface area contributed by atoms with Crippen LogP contribution >= 0.6 is 0 Å². The van der Waals surface area contributed by atoms with Crippen LogP contribution in [0.5, 0.6) is 0 Å². The normalized spacial score (nSPS) is 12.8. The van der Waals surface area contributed by atoms with E-state index in [-0.39, 0.29) is 5.75 Å². The van der Waals surface area contributed by atoms with Gasteiger partial charge in [0, 0.05) is 40.3 Å². The topological polar surface area (TPSA) is 65.0 Å². The molecule has 6 nitrogen and oxygen atoms in total. The Bertz CT molecular complexity index is 396. The molecule has 0 amide bonds. The molecule has 0 aromatic rings. The quantitative estimate of drug-likeness (QED) is 0.375. The molecule has 0 unspecified atom stereocenters. The summed E-state index contributed by atoms with van der Waals surface area (Å²) in [6, 6.07) is 0. The smallest absolute Gasteiger partial charge is 0.213 e. The third-order valence-corrected chi connectivity index (χ3v) is 5.14. The fourth-order valence-electron chi connectivity index (χ4n) is 1.81. The number of aliphatic imine (C=N–C) groups is 1. The second kappa shape index (κ2) is 10.8. The molecule has 0 saturated heterocycles. The highest BCUT2D eigenvalue weighted by Gasteiger charge is 2.13. The van der Waals surface area contributed by atoms with E-state index in [9.17, 15) is 8.42 Å². The summed E-state index contributed by atoms with van der Waals surface area (Å²) in [5.41, 5.74) is 0. The maximum Gasteiger partial charge on any atom is 0.213 e. The van der Waals surface area contributed by atoms with Gasteiger partial charge in [-0.2, -0.15) is 0 Å². The number of nitrogens with one attached hydrogen (secondary N) is 1. The highest BCUT2D eigenvalue weighted by molar-refractivity contribution is 7.89. The molecule has 7 heteroatoms. The lowest BCUT2D eigenvalue weighted by atomic mass is 10.3. The highest BCUT2D eigenvalue weighted by Crippen LogP contribution is 1.99. The van der Waals surface area contributed by atoms with Gasteiger partial charge in [0.15, 0.2) is 5.96 Å². The van der Waals surface area contributed by atoms with Crippen molar-refractivity contribution in [2.45, 2.75) is 40.0 Å². The first-order valence-electron chi connectivity index (χ1n) is 7.82. The second-order valence-electron chi connectivity index (χ2n) is 5.09. The van der Waals surface area contributed by atoms with Crippen LogP contribution in [0.4, 0.5) is 0 Å². The average molecular weight is 321 g/mol. The minimum Gasteiger partial charge on any atom is -0.357 e. The van der Waals surface area contributed by atoms with Crippen molar-refractivity contribution in [3.05, 3.63) is 0 Å². The third-order valence-electron chi connectivity index (χ3n) is 3.28. The zero-order chi connectivity index (χ0) is 16.3. The summed E-state index contributed by atoms with van der Waals surface area (Å²) in [6.45, 7) is 8.83. The van der Waals surface area contributed by atoms with Gasteiger partial charge in [-0.3, -0.25) is 4.99 Å². The Kier molecular flexibility index (Phi) is 10.4. The third kappa shape index (κ3) is 8.26. The van der Waals surface area contributed by atoms with Crippen LogP contribution in [-0.2, 0) is 10.0 Å². The Morgan fingerprint density at radius 2 is 1.76 bits per heavy atom. The molecule has 0 spiro atoms. The van der Waals surface area contributed by atoms with Gasteiger partial charge in [0.25, 0.3) is 0 Å². The molecule has 0 rings (SSSR count). The van der Waals surface area contributed by atoms with Gasteiger partial charge >= 0.3 is 0 Å². The van der Waals surface area contributed by atoms with Crippen molar-refractivity contribution >= 4 is 16.0 Å². The van der Waals surface area contributed by atoms with Crippen LogP contribution in [0.3, 0.4) is 0 Å². The Morgan fingerprint density at radius 1 is 1.10 bits per heavy atom. The van der Waals surface area contributed by atoms with Crippen molar-refractivity contribution in [1.82, 2.24) is 14.5 Å². The Labute approximate surface area is 130 Å². The lowest BCUT2D eigenvalue weighted by Crippen LogP contribution is -2.39. The molecule has 0 aliphatic heterocycles. The number of hydrogen-bond acceptors (Lipinski definition) is 3. The Balaban J connectivity index is 4.33. The van der Waals surface area contributed by atoms with Gasteiger partial charge in [-0.05, 0) is 26.7 Å². The van der Waals surface area contributed by atoms with Gasteiger partial charge in [0.1, 0.15) is 0 Å². The van der Waals surface area contributed by atoms with Gasteiger partial charge in [-0.1, -0.05) is 13.3 Å².